The van der Waals surface area contributed by atoms with Gasteiger partial charge in [-0.3, -0.25) is 4.98 Å². The number of pyridine rings is 1. The fourth-order valence-corrected chi connectivity index (χ4v) is 0.902. The van der Waals surface area contributed by atoms with E-state index in [1.54, 1.807) is 12.1 Å². The van der Waals surface area contributed by atoms with Gasteiger partial charge < -0.3 is 5.11 Å². The monoisotopic (exact) mass is 147 g/mol. The summed E-state index contributed by atoms with van der Waals surface area (Å²) in [7, 11) is 0. The zero-order chi connectivity index (χ0) is 8.27. The molecule has 0 saturated carbocycles. The van der Waals surface area contributed by atoms with E-state index in [4.69, 9.17) is 11.5 Å². The number of hydrogen-bond donors (Lipinski definition) is 1. The Bertz CT molecular complexity index is 299. The van der Waals surface area contributed by atoms with Gasteiger partial charge in [0.15, 0.2) is 0 Å². The molecule has 0 aromatic carbocycles. The van der Waals surface area contributed by atoms with Gasteiger partial charge in [-0.05, 0) is 19.1 Å². The SMILES string of the molecule is C#Cc1cc(C)nc(CO)c1. The molecule has 0 bridgehead atoms. The van der Waals surface area contributed by atoms with E-state index in [1.807, 2.05) is 6.92 Å². The van der Waals surface area contributed by atoms with Crippen molar-refractivity contribution >= 4 is 0 Å². The summed E-state index contributed by atoms with van der Waals surface area (Å²) < 4.78 is 0. The highest BCUT2D eigenvalue weighted by atomic mass is 16.3. The molecule has 1 N–H and O–H groups in total. The average Bonchev–Trinajstić information content (AvgIpc) is 2.03. The first-order valence-corrected chi connectivity index (χ1v) is 3.31. The molecule has 11 heavy (non-hydrogen) atoms. The smallest absolute Gasteiger partial charge is 0.0853 e. The fraction of sp³-hybridized carbons (Fsp3) is 0.222. The lowest BCUT2D eigenvalue weighted by Gasteiger charge is -1.98. The number of nitrogens with zero attached hydrogens (tertiary/aromatic N) is 1. The standard InChI is InChI=1S/C9H9NO/c1-3-8-4-7(2)10-9(5-8)6-11/h1,4-5,11H,6H2,2H3. The van der Waals surface area contributed by atoms with Crippen LogP contribution in [0.1, 0.15) is 17.0 Å². The molecular weight excluding hydrogens is 138 g/mol. The van der Waals surface area contributed by atoms with Gasteiger partial charge in [-0.15, -0.1) is 6.42 Å². The summed E-state index contributed by atoms with van der Waals surface area (Å²) in [6, 6.07) is 3.51. The van der Waals surface area contributed by atoms with Crippen LogP contribution < -0.4 is 0 Å². The van der Waals surface area contributed by atoms with Gasteiger partial charge in [0.25, 0.3) is 0 Å². The molecule has 1 heterocycles. The summed E-state index contributed by atoms with van der Waals surface area (Å²) in [5.74, 6) is 2.49. The number of hydrogen-bond acceptors (Lipinski definition) is 2. The molecule has 0 fully saturated rings. The third kappa shape index (κ3) is 1.79. The second kappa shape index (κ2) is 3.18. The predicted octanol–water partition coefficient (Wildman–Crippen LogP) is 0.864. The van der Waals surface area contributed by atoms with Crippen molar-refractivity contribution in [2.24, 2.45) is 0 Å². The minimum absolute atomic E-state index is 0.0592. The van der Waals surface area contributed by atoms with E-state index in [9.17, 15) is 0 Å². The van der Waals surface area contributed by atoms with Crippen LogP contribution in [0.5, 0.6) is 0 Å². The first-order valence-electron chi connectivity index (χ1n) is 3.31. The Morgan fingerprint density at radius 1 is 1.64 bits per heavy atom. The van der Waals surface area contributed by atoms with Crippen molar-refractivity contribution in [2.75, 3.05) is 0 Å². The molecule has 0 aliphatic carbocycles. The molecular formula is C9H9NO. The molecule has 0 spiro atoms. The fourth-order valence-electron chi connectivity index (χ4n) is 0.902. The van der Waals surface area contributed by atoms with E-state index in [-0.39, 0.29) is 6.61 Å². The Balaban J connectivity index is 3.15. The number of terminal acetylenes is 1. The Morgan fingerprint density at radius 3 is 2.91 bits per heavy atom. The van der Waals surface area contributed by atoms with Crippen molar-refractivity contribution in [1.29, 1.82) is 0 Å². The summed E-state index contributed by atoms with van der Waals surface area (Å²) in [6.45, 7) is 1.79. The largest absolute Gasteiger partial charge is 0.390 e. The van der Waals surface area contributed by atoms with Crippen LogP contribution in [0.15, 0.2) is 12.1 Å². The first-order chi connectivity index (χ1) is 5.26. The minimum Gasteiger partial charge on any atom is -0.390 e. The Hall–Kier alpha value is -1.33. The molecule has 1 aromatic heterocycles. The van der Waals surface area contributed by atoms with Crippen molar-refractivity contribution in [1.82, 2.24) is 4.98 Å². The minimum atomic E-state index is -0.0592. The molecule has 0 aliphatic rings. The molecule has 1 rings (SSSR count). The van der Waals surface area contributed by atoms with E-state index in [0.29, 0.717) is 5.69 Å². The summed E-state index contributed by atoms with van der Waals surface area (Å²) >= 11 is 0. The molecule has 2 heteroatoms. The molecule has 0 amide bonds. The van der Waals surface area contributed by atoms with Crippen molar-refractivity contribution in [3.63, 3.8) is 0 Å². The highest BCUT2D eigenvalue weighted by Crippen LogP contribution is 2.03. The second-order valence-electron chi connectivity index (χ2n) is 2.29. The molecule has 0 saturated heterocycles. The zero-order valence-electron chi connectivity index (χ0n) is 6.33. The lowest BCUT2D eigenvalue weighted by Crippen LogP contribution is -1.92. The predicted molar refractivity (Wildman–Crippen MR) is 42.8 cm³/mol. The highest BCUT2D eigenvalue weighted by Gasteiger charge is 1.95. The molecule has 0 atom stereocenters. The van der Waals surface area contributed by atoms with E-state index >= 15 is 0 Å². The zero-order valence-corrected chi connectivity index (χ0v) is 6.33. The van der Waals surface area contributed by atoms with Crippen molar-refractivity contribution in [2.45, 2.75) is 13.5 Å². The van der Waals surface area contributed by atoms with Gasteiger partial charge in [-0.25, -0.2) is 0 Å². The van der Waals surface area contributed by atoms with Crippen LogP contribution in [0.4, 0.5) is 0 Å². The van der Waals surface area contributed by atoms with Crippen LogP contribution in [0.3, 0.4) is 0 Å². The normalized spacial score (nSPS) is 9.18. The van der Waals surface area contributed by atoms with E-state index in [1.165, 1.54) is 0 Å². The maximum absolute atomic E-state index is 8.75. The maximum Gasteiger partial charge on any atom is 0.0853 e. The summed E-state index contributed by atoms with van der Waals surface area (Å²) in [6.07, 6.45) is 5.18. The molecule has 2 nitrogen and oxygen atoms in total. The van der Waals surface area contributed by atoms with E-state index < -0.39 is 0 Å². The molecule has 1 aromatic rings. The van der Waals surface area contributed by atoms with Crippen LogP contribution in [-0.2, 0) is 6.61 Å². The number of aliphatic hydroxyl groups excluding tert-OH is 1. The second-order valence-corrected chi connectivity index (χ2v) is 2.29. The van der Waals surface area contributed by atoms with Gasteiger partial charge in [-0.1, -0.05) is 5.92 Å². The lowest BCUT2D eigenvalue weighted by molar-refractivity contribution is 0.276. The quantitative estimate of drug-likeness (QED) is 0.598. The summed E-state index contributed by atoms with van der Waals surface area (Å²) in [5.41, 5.74) is 2.23. The van der Waals surface area contributed by atoms with Crippen LogP contribution in [-0.4, -0.2) is 10.1 Å². The lowest BCUT2D eigenvalue weighted by atomic mass is 10.2. The number of rotatable bonds is 1. The third-order valence-electron chi connectivity index (χ3n) is 1.34. The van der Waals surface area contributed by atoms with E-state index in [0.717, 1.165) is 11.3 Å². The van der Waals surface area contributed by atoms with E-state index in [2.05, 4.69) is 10.9 Å². The van der Waals surface area contributed by atoms with Gasteiger partial charge >= 0.3 is 0 Å². The molecule has 0 unspecified atom stereocenters. The molecule has 0 aliphatic heterocycles. The van der Waals surface area contributed by atoms with Gasteiger partial charge in [0, 0.05) is 11.3 Å². The van der Waals surface area contributed by atoms with Crippen LogP contribution in [0, 0.1) is 19.3 Å². The van der Waals surface area contributed by atoms with Gasteiger partial charge in [-0.2, -0.15) is 0 Å². The third-order valence-corrected chi connectivity index (χ3v) is 1.34. The first kappa shape index (κ1) is 7.77. The number of aryl methyl sites for hydroxylation is 1. The van der Waals surface area contributed by atoms with Crippen molar-refractivity contribution in [3.8, 4) is 12.3 Å². The van der Waals surface area contributed by atoms with Gasteiger partial charge in [0.2, 0.25) is 0 Å². The maximum atomic E-state index is 8.75. The molecule has 0 radical (unpaired) electrons. The van der Waals surface area contributed by atoms with Crippen LogP contribution >= 0.6 is 0 Å². The van der Waals surface area contributed by atoms with Crippen molar-refractivity contribution in [3.05, 3.63) is 29.1 Å². The van der Waals surface area contributed by atoms with Crippen LogP contribution in [0.2, 0.25) is 0 Å². The number of aliphatic hydroxyl groups is 1. The van der Waals surface area contributed by atoms with Crippen molar-refractivity contribution < 1.29 is 5.11 Å². The Kier molecular flexibility index (Phi) is 2.25. The topological polar surface area (TPSA) is 33.1 Å². The highest BCUT2D eigenvalue weighted by molar-refractivity contribution is 5.34. The Labute approximate surface area is 65.9 Å². The Morgan fingerprint density at radius 2 is 2.36 bits per heavy atom. The van der Waals surface area contributed by atoms with Gasteiger partial charge in [0.1, 0.15) is 0 Å². The number of aromatic nitrogens is 1. The summed E-state index contributed by atoms with van der Waals surface area (Å²) in [4.78, 5) is 4.05. The van der Waals surface area contributed by atoms with Gasteiger partial charge in [0.05, 0.1) is 12.3 Å². The van der Waals surface area contributed by atoms with Crippen LogP contribution in [0.25, 0.3) is 0 Å². The molecule has 56 valence electrons. The summed E-state index contributed by atoms with van der Waals surface area (Å²) in [5, 5.41) is 8.75. The average molecular weight is 147 g/mol.